The van der Waals surface area contributed by atoms with E-state index in [2.05, 4.69) is 59.8 Å². The molecule has 4 N–H and O–H groups in total. The van der Waals surface area contributed by atoms with Gasteiger partial charge in [-0.2, -0.15) is 5.10 Å². The van der Waals surface area contributed by atoms with E-state index >= 15 is 0 Å². The second-order valence-electron chi connectivity index (χ2n) is 6.06. The SMILES string of the molecule is N[C@@H](CNc1nnc(-c2ccc3[nH]ncc3c2)s1)Cc1ccc(Br)cc1. The second-order valence-corrected chi connectivity index (χ2v) is 7.95. The van der Waals surface area contributed by atoms with Crippen LogP contribution in [0.2, 0.25) is 0 Å². The molecule has 1 atom stereocenters. The van der Waals surface area contributed by atoms with E-state index in [1.165, 1.54) is 16.9 Å². The smallest absolute Gasteiger partial charge is 0.206 e. The van der Waals surface area contributed by atoms with Crippen LogP contribution in [0.25, 0.3) is 21.5 Å². The van der Waals surface area contributed by atoms with E-state index in [0.717, 1.165) is 37.5 Å². The monoisotopic (exact) mass is 428 g/mol. The summed E-state index contributed by atoms with van der Waals surface area (Å²) in [5.74, 6) is 0. The Kier molecular flexibility index (Phi) is 4.96. The fraction of sp³-hybridized carbons (Fsp3) is 0.167. The highest BCUT2D eigenvalue weighted by atomic mass is 79.9. The van der Waals surface area contributed by atoms with Gasteiger partial charge in [0.25, 0.3) is 0 Å². The molecule has 0 aliphatic rings. The Hall–Kier alpha value is -2.29. The molecule has 2 aromatic carbocycles. The topological polar surface area (TPSA) is 92.5 Å². The molecule has 0 spiro atoms. The van der Waals surface area contributed by atoms with Gasteiger partial charge in [-0.1, -0.05) is 39.4 Å². The number of benzene rings is 2. The van der Waals surface area contributed by atoms with E-state index in [4.69, 9.17) is 5.73 Å². The minimum Gasteiger partial charge on any atom is -0.359 e. The Bertz CT molecular complexity index is 1010. The Morgan fingerprint density at radius 3 is 2.85 bits per heavy atom. The van der Waals surface area contributed by atoms with E-state index in [-0.39, 0.29) is 6.04 Å². The molecule has 2 heterocycles. The molecule has 0 aliphatic carbocycles. The highest BCUT2D eigenvalue weighted by Gasteiger charge is 2.10. The van der Waals surface area contributed by atoms with Crippen LogP contribution in [0.4, 0.5) is 5.13 Å². The van der Waals surface area contributed by atoms with Gasteiger partial charge in [-0.25, -0.2) is 0 Å². The summed E-state index contributed by atoms with van der Waals surface area (Å²) in [5.41, 5.74) is 9.49. The number of hydrogen-bond acceptors (Lipinski definition) is 6. The van der Waals surface area contributed by atoms with Crippen LogP contribution in [0.5, 0.6) is 0 Å². The Labute approximate surface area is 163 Å². The predicted molar refractivity (Wildman–Crippen MR) is 109 cm³/mol. The fourth-order valence-electron chi connectivity index (χ4n) is 2.70. The molecule has 0 saturated heterocycles. The van der Waals surface area contributed by atoms with Gasteiger partial charge in [-0.05, 0) is 42.3 Å². The van der Waals surface area contributed by atoms with Crippen molar-refractivity contribution >= 4 is 43.3 Å². The maximum atomic E-state index is 6.23. The summed E-state index contributed by atoms with van der Waals surface area (Å²) < 4.78 is 1.07. The van der Waals surface area contributed by atoms with Gasteiger partial charge in [-0.3, -0.25) is 5.10 Å². The summed E-state index contributed by atoms with van der Waals surface area (Å²) in [4.78, 5) is 0. The summed E-state index contributed by atoms with van der Waals surface area (Å²) in [6, 6.07) is 14.3. The molecule has 0 saturated carbocycles. The predicted octanol–water partition coefficient (Wildman–Crippen LogP) is 3.83. The van der Waals surface area contributed by atoms with Gasteiger partial charge in [-0.15, -0.1) is 10.2 Å². The van der Waals surface area contributed by atoms with Gasteiger partial charge >= 0.3 is 0 Å². The summed E-state index contributed by atoms with van der Waals surface area (Å²) in [5, 5.41) is 21.5. The average molecular weight is 429 g/mol. The normalized spacial score (nSPS) is 12.4. The molecule has 4 rings (SSSR count). The van der Waals surface area contributed by atoms with Gasteiger partial charge in [0.15, 0.2) is 0 Å². The van der Waals surface area contributed by atoms with Crippen LogP contribution in [0.15, 0.2) is 53.1 Å². The van der Waals surface area contributed by atoms with E-state index in [1.54, 1.807) is 6.20 Å². The van der Waals surface area contributed by atoms with Crippen molar-refractivity contribution in [3.8, 4) is 10.6 Å². The van der Waals surface area contributed by atoms with Crippen LogP contribution in [0, 0.1) is 0 Å². The van der Waals surface area contributed by atoms with Crippen LogP contribution in [0.3, 0.4) is 0 Å². The standard InChI is InChI=1S/C18H17BrN6S/c19-14-4-1-11(2-5-14)7-15(20)10-21-18-25-24-17(26-18)12-3-6-16-13(8-12)9-22-23-16/h1-6,8-9,15H,7,10,20H2,(H,21,25)(H,22,23)/t15-/m1/s1. The molecule has 0 unspecified atom stereocenters. The van der Waals surface area contributed by atoms with Gasteiger partial charge in [0.1, 0.15) is 5.01 Å². The lowest BCUT2D eigenvalue weighted by Gasteiger charge is -2.12. The van der Waals surface area contributed by atoms with Crippen molar-refractivity contribution in [2.45, 2.75) is 12.5 Å². The molecule has 0 radical (unpaired) electrons. The van der Waals surface area contributed by atoms with Crippen molar-refractivity contribution in [1.82, 2.24) is 20.4 Å². The van der Waals surface area contributed by atoms with Gasteiger partial charge < -0.3 is 11.1 Å². The summed E-state index contributed by atoms with van der Waals surface area (Å²) in [6.07, 6.45) is 2.61. The van der Waals surface area contributed by atoms with Crippen LogP contribution >= 0.6 is 27.3 Å². The zero-order chi connectivity index (χ0) is 17.9. The molecule has 0 amide bonds. The quantitative estimate of drug-likeness (QED) is 0.433. The zero-order valence-electron chi connectivity index (χ0n) is 13.8. The van der Waals surface area contributed by atoms with Gasteiger partial charge in [0, 0.05) is 28.0 Å². The molecule has 2 aromatic heterocycles. The number of fused-ring (bicyclic) bond motifs is 1. The first kappa shape index (κ1) is 17.1. The van der Waals surface area contributed by atoms with E-state index in [9.17, 15) is 0 Å². The van der Waals surface area contributed by atoms with Crippen LogP contribution in [0.1, 0.15) is 5.56 Å². The number of aromatic nitrogens is 4. The van der Waals surface area contributed by atoms with Gasteiger partial charge in [0.05, 0.1) is 11.7 Å². The second kappa shape index (κ2) is 7.53. The number of aromatic amines is 1. The lowest BCUT2D eigenvalue weighted by molar-refractivity contribution is 0.698. The van der Waals surface area contributed by atoms with E-state index < -0.39 is 0 Å². The van der Waals surface area contributed by atoms with Crippen molar-refractivity contribution in [3.63, 3.8) is 0 Å². The third kappa shape index (κ3) is 3.92. The molecule has 0 fully saturated rings. The number of nitrogens with one attached hydrogen (secondary N) is 2. The molecule has 6 nitrogen and oxygen atoms in total. The first-order valence-corrected chi connectivity index (χ1v) is 9.79. The average Bonchev–Trinajstić information content (AvgIpc) is 3.30. The molecule has 4 aromatic rings. The lowest BCUT2D eigenvalue weighted by Crippen LogP contribution is -2.31. The molecule has 132 valence electrons. The summed E-state index contributed by atoms with van der Waals surface area (Å²) in [7, 11) is 0. The molecule has 0 aliphatic heterocycles. The maximum Gasteiger partial charge on any atom is 0.206 e. The van der Waals surface area contributed by atoms with E-state index in [1.807, 2.05) is 24.3 Å². The number of rotatable bonds is 6. The number of nitrogens with two attached hydrogens (primary N) is 1. The number of H-pyrrole nitrogens is 1. The third-order valence-electron chi connectivity index (χ3n) is 4.04. The van der Waals surface area contributed by atoms with Crippen LogP contribution < -0.4 is 11.1 Å². The number of hydrogen-bond donors (Lipinski definition) is 3. The zero-order valence-corrected chi connectivity index (χ0v) is 16.2. The minimum atomic E-state index is 0.00538. The van der Waals surface area contributed by atoms with E-state index in [0.29, 0.717) is 6.54 Å². The number of halogens is 1. The van der Waals surface area contributed by atoms with Crippen molar-refractivity contribution in [1.29, 1.82) is 0 Å². The minimum absolute atomic E-state index is 0.00538. The molecule has 0 bridgehead atoms. The fourth-order valence-corrected chi connectivity index (χ4v) is 3.71. The molecular formula is C18H17BrN6S. The Morgan fingerprint density at radius 1 is 1.15 bits per heavy atom. The largest absolute Gasteiger partial charge is 0.359 e. The Balaban J connectivity index is 1.37. The van der Waals surface area contributed by atoms with Crippen molar-refractivity contribution < 1.29 is 0 Å². The molecule has 8 heteroatoms. The summed E-state index contributed by atoms with van der Waals surface area (Å²) >= 11 is 4.96. The highest BCUT2D eigenvalue weighted by molar-refractivity contribution is 9.10. The van der Waals surface area contributed by atoms with Crippen molar-refractivity contribution in [2.75, 3.05) is 11.9 Å². The highest BCUT2D eigenvalue weighted by Crippen LogP contribution is 2.28. The number of anilines is 1. The van der Waals surface area contributed by atoms with Crippen LogP contribution in [-0.2, 0) is 6.42 Å². The summed E-state index contributed by atoms with van der Waals surface area (Å²) in [6.45, 7) is 0.644. The van der Waals surface area contributed by atoms with Crippen molar-refractivity contribution in [3.05, 3.63) is 58.7 Å². The first-order chi connectivity index (χ1) is 12.7. The number of nitrogens with zero attached hydrogens (tertiary/aromatic N) is 3. The third-order valence-corrected chi connectivity index (χ3v) is 5.50. The van der Waals surface area contributed by atoms with Crippen LogP contribution in [-0.4, -0.2) is 33.0 Å². The first-order valence-electron chi connectivity index (χ1n) is 8.18. The molecular weight excluding hydrogens is 412 g/mol. The lowest BCUT2D eigenvalue weighted by atomic mass is 10.1. The maximum absolute atomic E-state index is 6.23. The Morgan fingerprint density at radius 2 is 2.00 bits per heavy atom. The van der Waals surface area contributed by atoms with Gasteiger partial charge in [0.2, 0.25) is 5.13 Å². The molecule has 26 heavy (non-hydrogen) atoms. The van der Waals surface area contributed by atoms with Crippen molar-refractivity contribution in [2.24, 2.45) is 5.73 Å².